The molecule has 11 rings (SSSR count). The minimum atomic E-state index is 1.12. The zero-order valence-electron chi connectivity index (χ0n) is 28.8. The van der Waals surface area contributed by atoms with Gasteiger partial charge in [-0.1, -0.05) is 97.1 Å². The Morgan fingerprint density at radius 1 is 0.321 bits per heavy atom. The molecule has 0 fully saturated rings. The van der Waals surface area contributed by atoms with Gasteiger partial charge in [-0.3, -0.25) is 0 Å². The lowest BCUT2D eigenvalue weighted by atomic mass is 10.0. The fraction of sp³-hybridized carbons (Fsp3) is 0. The molecule has 0 radical (unpaired) electrons. The fourth-order valence-corrected chi connectivity index (χ4v) is 8.31. The first-order valence-electron chi connectivity index (χ1n) is 18.1. The van der Waals surface area contributed by atoms with E-state index in [9.17, 15) is 0 Å². The van der Waals surface area contributed by atoms with Gasteiger partial charge in [-0.25, -0.2) is 0 Å². The second kappa shape index (κ2) is 11.7. The van der Waals surface area contributed by atoms with Crippen LogP contribution in [0.4, 0.5) is 0 Å². The van der Waals surface area contributed by atoms with Crippen molar-refractivity contribution in [3.05, 3.63) is 200 Å². The summed E-state index contributed by atoms with van der Waals surface area (Å²) in [5.41, 5.74) is 14.1. The van der Waals surface area contributed by atoms with Crippen molar-refractivity contribution >= 4 is 54.6 Å². The molecule has 4 nitrogen and oxygen atoms in total. The number of imidazole rings is 1. The van der Waals surface area contributed by atoms with Crippen LogP contribution in [-0.4, -0.2) is 13.7 Å². The number of fused-ring (bicyclic) bond motifs is 7. The maximum absolute atomic E-state index is 2.40. The predicted octanol–water partition coefficient (Wildman–Crippen LogP) is 11.8. The molecule has 8 aromatic carbocycles. The summed E-state index contributed by atoms with van der Waals surface area (Å²) in [6.45, 7) is 0. The minimum Gasteiger partial charge on any atom is -0.309 e. The van der Waals surface area contributed by atoms with Gasteiger partial charge in [-0.05, 0) is 108 Å². The third kappa shape index (κ3) is 4.59. The maximum Gasteiger partial charge on any atom is 0.255 e. The largest absolute Gasteiger partial charge is 0.309 e. The van der Waals surface area contributed by atoms with Crippen LogP contribution >= 0.6 is 0 Å². The molecule has 0 bridgehead atoms. The van der Waals surface area contributed by atoms with Crippen molar-refractivity contribution in [2.45, 2.75) is 0 Å². The van der Waals surface area contributed by atoms with E-state index in [1.165, 1.54) is 65.9 Å². The van der Waals surface area contributed by atoms with Gasteiger partial charge in [0, 0.05) is 32.9 Å². The first-order chi connectivity index (χ1) is 26.3. The van der Waals surface area contributed by atoms with Gasteiger partial charge in [0.2, 0.25) is 0 Å². The minimum absolute atomic E-state index is 1.12. The van der Waals surface area contributed by atoms with Crippen LogP contribution in [0.1, 0.15) is 0 Å². The lowest BCUT2D eigenvalue weighted by molar-refractivity contribution is -0.567. The van der Waals surface area contributed by atoms with Gasteiger partial charge in [-0.2, -0.15) is 9.13 Å². The number of aromatic nitrogens is 4. The first-order valence-corrected chi connectivity index (χ1v) is 18.1. The Hall–Kier alpha value is -7.17. The van der Waals surface area contributed by atoms with Crippen LogP contribution < -0.4 is 4.57 Å². The Kier molecular flexibility index (Phi) is 6.52. The van der Waals surface area contributed by atoms with Gasteiger partial charge in [0.25, 0.3) is 6.33 Å². The van der Waals surface area contributed by atoms with E-state index < -0.39 is 0 Å². The highest BCUT2D eigenvalue weighted by atomic mass is 15.1. The SMILES string of the molecule is c1ccc(-n2c[n+](-c3ccc(-n4c5ccccc5c5cc(-c6ccc7c(c6)c6ccccc6n7-c6ccccc6)ccc54)cc3)c3ccccc32)cc1. The molecule has 0 aliphatic carbocycles. The molecule has 4 heteroatoms. The third-order valence-electron chi connectivity index (χ3n) is 10.7. The van der Waals surface area contributed by atoms with Crippen molar-refractivity contribution in [3.8, 4) is 33.9 Å². The lowest BCUT2D eigenvalue weighted by Crippen LogP contribution is -2.28. The molecule has 0 spiro atoms. The molecule has 3 heterocycles. The summed E-state index contributed by atoms with van der Waals surface area (Å²) in [6.07, 6.45) is 2.19. The van der Waals surface area contributed by atoms with Crippen molar-refractivity contribution in [1.82, 2.24) is 13.7 Å². The van der Waals surface area contributed by atoms with Crippen LogP contribution in [0, 0.1) is 0 Å². The molecule has 0 atom stereocenters. The predicted molar refractivity (Wildman–Crippen MR) is 219 cm³/mol. The average molecular weight is 678 g/mol. The van der Waals surface area contributed by atoms with E-state index in [1.807, 2.05) is 0 Å². The molecular weight excluding hydrogens is 645 g/mol. The van der Waals surface area contributed by atoms with E-state index in [0.29, 0.717) is 0 Å². The highest BCUT2D eigenvalue weighted by Crippen LogP contribution is 2.38. The lowest BCUT2D eigenvalue weighted by Gasteiger charge is -2.10. The normalized spacial score (nSPS) is 11.8. The van der Waals surface area contributed by atoms with E-state index in [4.69, 9.17) is 0 Å². The second-order valence-corrected chi connectivity index (χ2v) is 13.7. The standard InChI is InChI=1S/C49H33N4/c1-3-13-36(14-4-1)50-33-51(49-22-12-11-21-48(49)50)37-25-27-39(28-26-37)53-45-20-10-8-18-41(45)43-32-35(24-30-47(43)53)34-23-29-46-42(31-34)40-17-7-9-19-44(40)52(46)38-15-5-2-6-16-38/h1-33H/q+1. The second-order valence-electron chi connectivity index (χ2n) is 13.7. The summed E-state index contributed by atoms with van der Waals surface area (Å²) in [5, 5.41) is 5.01. The Morgan fingerprint density at radius 2 is 0.774 bits per heavy atom. The van der Waals surface area contributed by atoms with Gasteiger partial charge < -0.3 is 9.13 Å². The summed E-state index contributed by atoms with van der Waals surface area (Å²) < 4.78 is 9.30. The smallest absolute Gasteiger partial charge is 0.255 e. The zero-order valence-corrected chi connectivity index (χ0v) is 28.8. The van der Waals surface area contributed by atoms with Crippen LogP contribution in [-0.2, 0) is 0 Å². The topological polar surface area (TPSA) is 18.7 Å². The molecule has 0 aliphatic heterocycles. The van der Waals surface area contributed by atoms with E-state index in [0.717, 1.165) is 22.6 Å². The Labute approximate surface area is 306 Å². The quantitative estimate of drug-likeness (QED) is 0.162. The number of hydrogen-bond donors (Lipinski definition) is 0. The molecule has 248 valence electrons. The van der Waals surface area contributed by atoms with Crippen LogP contribution in [0.25, 0.3) is 88.5 Å². The first kappa shape index (κ1) is 29.5. The summed E-state index contributed by atoms with van der Waals surface area (Å²) in [6, 6.07) is 70.0. The fourth-order valence-electron chi connectivity index (χ4n) is 8.31. The van der Waals surface area contributed by atoms with Crippen molar-refractivity contribution in [3.63, 3.8) is 0 Å². The van der Waals surface area contributed by atoms with Crippen molar-refractivity contribution in [1.29, 1.82) is 0 Å². The Bertz CT molecular complexity index is 3150. The van der Waals surface area contributed by atoms with Crippen molar-refractivity contribution < 1.29 is 4.57 Å². The number of hydrogen-bond acceptors (Lipinski definition) is 0. The molecule has 3 aromatic heterocycles. The van der Waals surface area contributed by atoms with Crippen LogP contribution in [0.5, 0.6) is 0 Å². The van der Waals surface area contributed by atoms with Gasteiger partial charge in [0.15, 0.2) is 11.0 Å². The Morgan fingerprint density at radius 3 is 1.36 bits per heavy atom. The maximum atomic E-state index is 2.40. The van der Waals surface area contributed by atoms with Gasteiger partial charge in [0.1, 0.15) is 11.4 Å². The number of rotatable bonds is 5. The number of para-hydroxylation sites is 6. The molecule has 0 N–H and O–H groups in total. The number of benzene rings is 8. The van der Waals surface area contributed by atoms with E-state index in [-0.39, 0.29) is 0 Å². The monoisotopic (exact) mass is 677 g/mol. The van der Waals surface area contributed by atoms with Crippen molar-refractivity contribution in [2.75, 3.05) is 0 Å². The molecule has 0 unspecified atom stereocenters. The highest BCUT2D eigenvalue weighted by molar-refractivity contribution is 6.12. The van der Waals surface area contributed by atoms with Crippen molar-refractivity contribution in [2.24, 2.45) is 0 Å². The van der Waals surface area contributed by atoms with Gasteiger partial charge in [0.05, 0.1) is 22.1 Å². The molecular formula is C49H33N4+. The molecule has 53 heavy (non-hydrogen) atoms. The van der Waals surface area contributed by atoms with Crippen LogP contribution in [0.2, 0.25) is 0 Å². The number of nitrogens with zero attached hydrogens (tertiary/aromatic N) is 4. The van der Waals surface area contributed by atoms with Crippen LogP contribution in [0.3, 0.4) is 0 Å². The van der Waals surface area contributed by atoms with Gasteiger partial charge in [-0.15, -0.1) is 0 Å². The molecule has 0 aliphatic rings. The van der Waals surface area contributed by atoms with Crippen LogP contribution in [0.15, 0.2) is 200 Å². The molecule has 11 aromatic rings. The average Bonchev–Trinajstić information content (AvgIpc) is 3.89. The highest BCUT2D eigenvalue weighted by Gasteiger charge is 2.20. The van der Waals surface area contributed by atoms with E-state index >= 15 is 0 Å². The van der Waals surface area contributed by atoms with E-state index in [2.05, 4.69) is 219 Å². The zero-order chi connectivity index (χ0) is 34.9. The van der Waals surface area contributed by atoms with Gasteiger partial charge >= 0.3 is 0 Å². The third-order valence-corrected chi connectivity index (χ3v) is 10.7. The molecule has 0 saturated heterocycles. The molecule has 0 saturated carbocycles. The molecule has 0 amide bonds. The summed E-state index contributed by atoms with van der Waals surface area (Å²) in [4.78, 5) is 0. The summed E-state index contributed by atoms with van der Waals surface area (Å²) in [5.74, 6) is 0. The summed E-state index contributed by atoms with van der Waals surface area (Å²) >= 11 is 0. The van der Waals surface area contributed by atoms with E-state index in [1.54, 1.807) is 0 Å². The Balaban J connectivity index is 1.02. The summed E-state index contributed by atoms with van der Waals surface area (Å²) in [7, 11) is 0.